The predicted octanol–water partition coefficient (Wildman–Crippen LogP) is 3.04. The fourth-order valence-corrected chi connectivity index (χ4v) is 2.73. The summed E-state index contributed by atoms with van der Waals surface area (Å²) in [5.41, 5.74) is -0.377. The fourth-order valence-electron chi connectivity index (χ4n) is 2.26. The molecule has 0 aliphatic rings. The van der Waals surface area contributed by atoms with Gasteiger partial charge in [0.05, 0.1) is 11.3 Å². The van der Waals surface area contributed by atoms with Crippen LogP contribution in [0.15, 0.2) is 41.6 Å². The van der Waals surface area contributed by atoms with E-state index in [4.69, 9.17) is 5.26 Å². The van der Waals surface area contributed by atoms with Gasteiger partial charge in [-0.15, -0.1) is 3.89 Å². The van der Waals surface area contributed by atoms with Crippen molar-refractivity contribution in [3.8, 4) is 6.07 Å². The predicted molar refractivity (Wildman–Crippen MR) is 78.6 cm³/mol. The first kappa shape index (κ1) is 14.3. The van der Waals surface area contributed by atoms with Crippen LogP contribution in [0, 0.1) is 11.3 Å². The Hall–Kier alpha value is -2.66. The molecule has 0 spiro atoms. The van der Waals surface area contributed by atoms with E-state index in [0.29, 0.717) is 0 Å². The summed E-state index contributed by atoms with van der Waals surface area (Å²) in [5, 5.41) is 9.28. The van der Waals surface area contributed by atoms with Gasteiger partial charge >= 0.3 is 0 Å². The minimum atomic E-state index is -1.67. The van der Waals surface area contributed by atoms with Crippen molar-refractivity contribution in [3.05, 3.63) is 64.0 Å². The quantitative estimate of drug-likeness (QED) is 0.805. The summed E-state index contributed by atoms with van der Waals surface area (Å²) in [6.07, 6.45) is 2.37. The average Bonchev–Trinajstić information content (AvgIpc) is 2.95. The number of pyridine rings is 2. The third kappa shape index (κ3) is 2.16. The van der Waals surface area contributed by atoms with Crippen LogP contribution < -0.4 is 5.56 Å². The largest absolute Gasteiger partial charge is 0.326 e. The summed E-state index contributed by atoms with van der Waals surface area (Å²) in [4.78, 5) is 18.1. The highest BCUT2D eigenvalue weighted by molar-refractivity contribution is 7.93. The second-order valence-corrected chi connectivity index (χ2v) is 4.99. The van der Waals surface area contributed by atoms with E-state index < -0.39 is 11.7 Å². The molecule has 0 radical (unpaired) electrons. The summed E-state index contributed by atoms with van der Waals surface area (Å²) in [6.45, 7) is 0. The molecule has 0 aliphatic carbocycles. The highest BCUT2D eigenvalue weighted by Gasteiger charge is 2.23. The Morgan fingerprint density at radius 1 is 1.50 bits per heavy atom. The number of halogens is 2. The van der Waals surface area contributed by atoms with Crippen molar-refractivity contribution in [2.75, 3.05) is 0 Å². The van der Waals surface area contributed by atoms with E-state index in [-0.39, 0.29) is 40.1 Å². The maximum absolute atomic E-state index is 14.7. The molecule has 0 bridgehead atoms. The van der Waals surface area contributed by atoms with Crippen LogP contribution in [0.25, 0.3) is 10.9 Å². The molecule has 0 aliphatic heterocycles. The third-order valence-electron chi connectivity index (χ3n) is 3.26. The Balaban J connectivity index is 2.29. The SMILES string of the molecule is N#Cc1c[nH]c(=O)c2c1cc(C(F)c1cccnc1)n2SF. The van der Waals surface area contributed by atoms with E-state index in [9.17, 15) is 13.1 Å². The van der Waals surface area contributed by atoms with Gasteiger partial charge in [0.2, 0.25) is 0 Å². The van der Waals surface area contributed by atoms with Crippen LogP contribution in [0.2, 0.25) is 0 Å². The Kier molecular flexibility index (Phi) is 3.65. The maximum atomic E-state index is 14.7. The Bertz CT molecular complexity index is 930. The van der Waals surface area contributed by atoms with E-state index in [2.05, 4.69) is 9.97 Å². The Morgan fingerprint density at radius 3 is 2.95 bits per heavy atom. The minimum absolute atomic E-state index is 0.0660. The molecule has 0 saturated carbocycles. The number of hydrogen-bond acceptors (Lipinski definition) is 4. The number of nitriles is 1. The molecular weight excluding hydrogens is 310 g/mol. The van der Waals surface area contributed by atoms with Crippen LogP contribution in [-0.2, 0) is 0 Å². The van der Waals surface area contributed by atoms with Crippen molar-refractivity contribution >= 4 is 23.2 Å². The van der Waals surface area contributed by atoms with E-state index in [1.54, 1.807) is 6.07 Å². The molecule has 3 heterocycles. The first-order valence-electron chi connectivity index (χ1n) is 6.17. The lowest BCUT2D eigenvalue weighted by atomic mass is 10.1. The van der Waals surface area contributed by atoms with Crippen LogP contribution in [0.4, 0.5) is 8.28 Å². The van der Waals surface area contributed by atoms with Gasteiger partial charge in [-0.05, 0) is 12.1 Å². The molecule has 110 valence electrons. The molecule has 1 atom stereocenters. The normalized spacial score (nSPS) is 12.2. The molecule has 1 N–H and O–H groups in total. The number of nitrogens with zero attached hydrogens (tertiary/aromatic N) is 3. The molecule has 8 heteroatoms. The number of H-pyrrole nitrogens is 1. The van der Waals surface area contributed by atoms with Crippen molar-refractivity contribution in [3.63, 3.8) is 0 Å². The highest BCUT2D eigenvalue weighted by Crippen LogP contribution is 2.33. The standard InChI is InChI=1S/C14H8F2N4OS/c15-12(8-2-1-3-18-6-8)11-4-10-9(5-17)7-19-14(21)13(10)20(11)22-16/h1-4,6-7,12H,(H,19,21). The van der Waals surface area contributed by atoms with Gasteiger partial charge in [-0.2, -0.15) is 5.26 Å². The molecule has 0 fully saturated rings. The van der Waals surface area contributed by atoms with E-state index >= 15 is 0 Å². The lowest BCUT2D eigenvalue weighted by molar-refractivity contribution is 0.392. The number of alkyl halides is 1. The van der Waals surface area contributed by atoms with Gasteiger partial charge in [0, 0.05) is 29.5 Å². The molecule has 1 unspecified atom stereocenters. The Labute approximate surface area is 127 Å². The monoisotopic (exact) mass is 318 g/mol. The molecule has 5 nitrogen and oxygen atoms in total. The van der Waals surface area contributed by atoms with Gasteiger partial charge in [-0.25, -0.2) is 4.39 Å². The lowest BCUT2D eigenvalue weighted by Crippen LogP contribution is -2.10. The van der Waals surface area contributed by atoms with Crippen molar-refractivity contribution in [1.29, 1.82) is 5.26 Å². The van der Waals surface area contributed by atoms with Gasteiger partial charge in [-0.3, -0.25) is 13.8 Å². The van der Waals surface area contributed by atoms with Crippen LogP contribution in [0.3, 0.4) is 0 Å². The molecule has 3 aromatic heterocycles. The number of rotatable bonds is 3. The Morgan fingerprint density at radius 2 is 2.32 bits per heavy atom. The molecule has 0 amide bonds. The lowest BCUT2D eigenvalue weighted by Gasteiger charge is -2.09. The van der Waals surface area contributed by atoms with Crippen LogP contribution in [0.5, 0.6) is 0 Å². The van der Waals surface area contributed by atoms with Gasteiger partial charge < -0.3 is 4.98 Å². The molecule has 0 saturated heterocycles. The summed E-state index contributed by atoms with van der Waals surface area (Å²) in [5.74, 6) is 0. The fraction of sp³-hybridized carbons (Fsp3) is 0.0714. The molecule has 0 aromatic carbocycles. The number of aromatic amines is 1. The first-order chi connectivity index (χ1) is 10.7. The zero-order chi connectivity index (χ0) is 15.7. The van der Waals surface area contributed by atoms with E-state index in [0.717, 1.165) is 3.97 Å². The summed E-state index contributed by atoms with van der Waals surface area (Å²) in [6, 6.07) is 6.28. The van der Waals surface area contributed by atoms with Crippen LogP contribution >= 0.6 is 12.3 Å². The van der Waals surface area contributed by atoms with Gasteiger partial charge in [0.1, 0.15) is 11.6 Å². The second kappa shape index (κ2) is 5.61. The van der Waals surface area contributed by atoms with Crippen LogP contribution in [0.1, 0.15) is 23.0 Å². The number of aromatic nitrogens is 3. The molecular formula is C14H8F2N4OS. The summed E-state index contributed by atoms with van der Waals surface area (Å²) in [7, 11) is 0. The molecule has 3 rings (SSSR count). The van der Waals surface area contributed by atoms with Crippen LogP contribution in [-0.4, -0.2) is 13.9 Å². The highest BCUT2D eigenvalue weighted by atomic mass is 32.2. The van der Waals surface area contributed by atoms with Gasteiger partial charge in [0.25, 0.3) is 5.56 Å². The second-order valence-electron chi connectivity index (χ2n) is 4.49. The minimum Gasteiger partial charge on any atom is -0.326 e. The average molecular weight is 318 g/mol. The number of hydrogen-bond donors (Lipinski definition) is 1. The van der Waals surface area contributed by atoms with Crippen molar-refractivity contribution in [1.82, 2.24) is 13.9 Å². The number of fused-ring (bicyclic) bond motifs is 1. The summed E-state index contributed by atoms with van der Waals surface area (Å²) >= 11 is -0.285. The topological polar surface area (TPSA) is 74.5 Å². The summed E-state index contributed by atoms with van der Waals surface area (Å²) < 4.78 is 28.8. The number of nitrogens with one attached hydrogen (secondary N) is 1. The van der Waals surface area contributed by atoms with Gasteiger partial charge in [0.15, 0.2) is 18.5 Å². The van der Waals surface area contributed by atoms with Crippen molar-refractivity contribution in [2.24, 2.45) is 0 Å². The zero-order valence-corrected chi connectivity index (χ0v) is 11.8. The first-order valence-corrected chi connectivity index (χ1v) is 6.85. The molecule has 22 heavy (non-hydrogen) atoms. The maximum Gasteiger partial charge on any atom is 0.273 e. The van der Waals surface area contributed by atoms with Gasteiger partial charge in [-0.1, -0.05) is 6.07 Å². The van der Waals surface area contributed by atoms with E-state index in [1.165, 1.54) is 30.7 Å². The molecule has 3 aromatic rings. The van der Waals surface area contributed by atoms with Crippen molar-refractivity contribution < 1.29 is 8.28 Å². The third-order valence-corrected chi connectivity index (χ3v) is 3.80. The van der Waals surface area contributed by atoms with E-state index in [1.807, 2.05) is 6.07 Å². The zero-order valence-electron chi connectivity index (χ0n) is 11.0. The smallest absolute Gasteiger partial charge is 0.273 e. The van der Waals surface area contributed by atoms with Crippen molar-refractivity contribution in [2.45, 2.75) is 6.17 Å².